The first-order valence-electron chi connectivity index (χ1n) is 6.33. The zero-order valence-corrected chi connectivity index (χ0v) is 11.2. The van der Waals surface area contributed by atoms with Crippen LogP contribution >= 0.6 is 0 Å². The van der Waals surface area contributed by atoms with Gasteiger partial charge in [0.2, 0.25) is 11.7 Å². The van der Waals surface area contributed by atoms with E-state index in [-0.39, 0.29) is 30.8 Å². The van der Waals surface area contributed by atoms with Gasteiger partial charge < -0.3 is 14.7 Å². The summed E-state index contributed by atoms with van der Waals surface area (Å²) in [6, 6.07) is 1.33. The highest BCUT2D eigenvalue weighted by atomic mass is 19.4. The summed E-state index contributed by atoms with van der Waals surface area (Å²) < 4.78 is 43.3. The molecular weight excluding hydrogens is 291 g/mol. The molecule has 0 bridgehead atoms. The number of alkyl halides is 3. The van der Waals surface area contributed by atoms with Gasteiger partial charge in [0.05, 0.1) is 0 Å². The number of carboxylic acid groups (broad SMARTS) is 1. The monoisotopic (exact) mass is 305 g/mol. The number of hydrogen-bond acceptors (Lipinski definition) is 4. The van der Waals surface area contributed by atoms with Crippen molar-refractivity contribution in [2.24, 2.45) is 0 Å². The number of nitrogens with zero attached hydrogens (tertiary/aromatic N) is 3. The number of likely N-dealkylation sites (tertiary alicyclic amines) is 1. The third kappa shape index (κ3) is 3.96. The van der Waals surface area contributed by atoms with Crippen LogP contribution in [-0.4, -0.2) is 45.3 Å². The van der Waals surface area contributed by atoms with E-state index in [1.54, 1.807) is 0 Å². The summed E-state index contributed by atoms with van der Waals surface area (Å²) in [4.78, 5) is 18.7. The topological polar surface area (TPSA) is 75.5 Å². The van der Waals surface area contributed by atoms with Crippen molar-refractivity contribution in [1.29, 1.82) is 0 Å². The molecule has 0 spiro atoms. The van der Waals surface area contributed by atoms with Gasteiger partial charge in [-0.2, -0.15) is 18.2 Å². The van der Waals surface area contributed by atoms with Gasteiger partial charge in [0.25, 0.3) is 0 Å². The molecule has 1 fully saturated rings. The van der Waals surface area contributed by atoms with E-state index in [1.807, 2.05) is 0 Å². The third-order valence-corrected chi connectivity index (χ3v) is 3.08. The molecule has 1 amide bonds. The molecule has 6 nitrogen and oxygen atoms in total. The van der Waals surface area contributed by atoms with Crippen molar-refractivity contribution >= 4 is 6.09 Å². The number of hydrogen-bond donors (Lipinski definition) is 1. The Labute approximate surface area is 118 Å². The van der Waals surface area contributed by atoms with Crippen LogP contribution in [0.3, 0.4) is 0 Å². The van der Waals surface area contributed by atoms with Crippen LogP contribution < -0.4 is 4.74 Å². The maximum atomic E-state index is 12.6. The molecule has 1 aliphatic heterocycles. The summed E-state index contributed by atoms with van der Waals surface area (Å²) in [6.45, 7) is 2.00. The highest BCUT2D eigenvalue weighted by molar-refractivity contribution is 5.65. The normalized spacial score (nSPS) is 16.9. The van der Waals surface area contributed by atoms with E-state index < -0.39 is 18.1 Å². The third-order valence-electron chi connectivity index (χ3n) is 3.08. The summed E-state index contributed by atoms with van der Waals surface area (Å²) in [5, 5.41) is 8.82. The van der Waals surface area contributed by atoms with Gasteiger partial charge in [-0.3, -0.25) is 0 Å². The molecule has 0 atom stereocenters. The average Bonchev–Trinajstić information content (AvgIpc) is 2.37. The highest BCUT2D eigenvalue weighted by Gasteiger charge is 2.35. The molecule has 2 rings (SSSR count). The quantitative estimate of drug-likeness (QED) is 0.907. The number of halogens is 3. The second-order valence-electron chi connectivity index (χ2n) is 4.76. The van der Waals surface area contributed by atoms with Crippen molar-refractivity contribution in [3.05, 3.63) is 17.6 Å². The summed E-state index contributed by atoms with van der Waals surface area (Å²) in [5.41, 5.74) is 0.162. The molecule has 1 N–H and O–H groups in total. The van der Waals surface area contributed by atoms with E-state index in [4.69, 9.17) is 9.84 Å². The average molecular weight is 305 g/mol. The number of amides is 1. The Bertz CT molecular complexity index is 528. The number of rotatable bonds is 2. The molecular formula is C12H14F3N3O3. The zero-order chi connectivity index (χ0) is 15.6. The molecule has 2 heterocycles. The molecule has 1 aromatic heterocycles. The largest absolute Gasteiger partial charge is 0.474 e. The van der Waals surface area contributed by atoms with Gasteiger partial charge in [0, 0.05) is 37.7 Å². The Morgan fingerprint density at radius 3 is 2.52 bits per heavy atom. The lowest BCUT2D eigenvalue weighted by Gasteiger charge is -2.30. The predicted octanol–water partition coefficient (Wildman–Crippen LogP) is 2.33. The van der Waals surface area contributed by atoms with Gasteiger partial charge in [0.1, 0.15) is 6.10 Å². The van der Waals surface area contributed by atoms with Gasteiger partial charge in [-0.1, -0.05) is 0 Å². The minimum atomic E-state index is -4.63. The molecule has 1 aliphatic rings. The smallest absolute Gasteiger partial charge is 0.451 e. The van der Waals surface area contributed by atoms with Crippen LogP contribution in [0.15, 0.2) is 6.07 Å². The SMILES string of the molecule is Cc1cc(OC2CCN(C(=O)O)CC2)nc(C(F)(F)F)n1. The summed E-state index contributed by atoms with van der Waals surface area (Å²) >= 11 is 0. The van der Waals surface area contributed by atoms with Crippen LogP contribution in [0.2, 0.25) is 0 Å². The van der Waals surface area contributed by atoms with Crippen LogP contribution in [0.1, 0.15) is 24.4 Å². The highest BCUT2D eigenvalue weighted by Crippen LogP contribution is 2.28. The Hall–Kier alpha value is -2.06. The second kappa shape index (κ2) is 5.74. The fourth-order valence-electron chi connectivity index (χ4n) is 2.06. The Balaban J connectivity index is 2.04. The molecule has 9 heteroatoms. The van der Waals surface area contributed by atoms with Gasteiger partial charge >= 0.3 is 12.3 Å². The van der Waals surface area contributed by atoms with Crippen molar-refractivity contribution in [2.45, 2.75) is 32.0 Å². The van der Waals surface area contributed by atoms with Gasteiger partial charge in [-0.25, -0.2) is 9.78 Å². The number of aryl methyl sites for hydroxylation is 1. The molecule has 1 aromatic rings. The van der Waals surface area contributed by atoms with Crippen LogP contribution in [0.25, 0.3) is 0 Å². The standard InChI is InChI=1S/C12H14F3N3O3/c1-7-6-9(17-10(16-7)12(13,14)15)21-8-2-4-18(5-3-8)11(19)20/h6,8H,2-5H2,1H3,(H,19,20). The number of ether oxygens (including phenoxy) is 1. The van der Waals surface area contributed by atoms with Crippen LogP contribution in [0, 0.1) is 6.92 Å². The molecule has 0 saturated carbocycles. The first kappa shape index (κ1) is 15.3. The van der Waals surface area contributed by atoms with E-state index in [9.17, 15) is 18.0 Å². The molecule has 0 radical (unpaired) electrons. The fourth-order valence-corrected chi connectivity index (χ4v) is 2.06. The van der Waals surface area contributed by atoms with E-state index in [2.05, 4.69) is 9.97 Å². The lowest BCUT2D eigenvalue weighted by Crippen LogP contribution is -2.41. The minimum Gasteiger partial charge on any atom is -0.474 e. The Morgan fingerprint density at radius 2 is 2.00 bits per heavy atom. The summed E-state index contributed by atoms with van der Waals surface area (Å²) in [7, 11) is 0. The molecule has 1 saturated heterocycles. The molecule has 116 valence electrons. The van der Waals surface area contributed by atoms with Crippen molar-refractivity contribution < 1.29 is 27.8 Å². The van der Waals surface area contributed by atoms with Crippen LogP contribution in [0.5, 0.6) is 5.88 Å². The molecule has 0 aliphatic carbocycles. The Kier molecular flexibility index (Phi) is 4.19. The molecule has 0 aromatic carbocycles. The zero-order valence-electron chi connectivity index (χ0n) is 11.2. The number of carbonyl (C=O) groups is 1. The van der Waals surface area contributed by atoms with Gasteiger partial charge in [-0.05, 0) is 6.92 Å². The lowest BCUT2D eigenvalue weighted by molar-refractivity contribution is -0.145. The van der Waals surface area contributed by atoms with Crippen LogP contribution in [-0.2, 0) is 6.18 Å². The number of piperidine rings is 1. The predicted molar refractivity (Wildman–Crippen MR) is 65.0 cm³/mol. The van der Waals surface area contributed by atoms with Crippen molar-refractivity contribution in [2.75, 3.05) is 13.1 Å². The van der Waals surface area contributed by atoms with Crippen molar-refractivity contribution in [1.82, 2.24) is 14.9 Å². The summed E-state index contributed by atoms with van der Waals surface area (Å²) in [5.74, 6) is -1.37. The van der Waals surface area contributed by atoms with Gasteiger partial charge in [0.15, 0.2) is 0 Å². The molecule has 0 unspecified atom stereocenters. The maximum Gasteiger partial charge on any atom is 0.451 e. The van der Waals surface area contributed by atoms with E-state index in [0.29, 0.717) is 12.8 Å². The summed E-state index contributed by atoms with van der Waals surface area (Å²) in [6.07, 6.45) is -5.16. The molecule has 21 heavy (non-hydrogen) atoms. The first-order chi connectivity index (χ1) is 9.75. The van der Waals surface area contributed by atoms with Crippen molar-refractivity contribution in [3.63, 3.8) is 0 Å². The van der Waals surface area contributed by atoms with E-state index in [1.165, 1.54) is 17.9 Å². The maximum absolute atomic E-state index is 12.6. The van der Waals surface area contributed by atoms with Crippen LogP contribution in [0.4, 0.5) is 18.0 Å². The second-order valence-corrected chi connectivity index (χ2v) is 4.76. The number of aromatic nitrogens is 2. The van der Waals surface area contributed by atoms with E-state index in [0.717, 1.165) is 0 Å². The van der Waals surface area contributed by atoms with E-state index >= 15 is 0 Å². The Morgan fingerprint density at radius 1 is 1.38 bits per heavy atom. The van der Waals surface area contributed by atoms with Gasteiger partial charge in [-0.15, -0.1) is 0 Å². The van der Waals surface area contributed by atoms with Crippen molar-refractivity contribution in [3.8, 4) is 5.88 Å². The minimum absolute atomic E-state index is 0.136. The first-order valence-corrected chi connectivity index (χ1v) is 6.33. The lowest BCUT2D eigenvalue weighted by atomic mass is 10.1. The fraction of sp³-hybridized carbons (Fsp3) is 0.583.